The predicted octanol–water partition coefficient (Wildman–Crippen LogP) is 1.53. The smallest absolute Gasteiger partial charge is 0.0573 e. The fourth-order valence-electron chi connectivity index (χ4n) is 1.27. The summed E-state index contributed by atoms with van der Waals surface area (Å²) in [6.07, 6.45) is 0. The summed E-state index contributed by atoms with van der Waals surface area (Å²) in [5.41, 5.74) is 3.42. The second kappa shape index (κ2) is 2.49. The summed E-state index contributed by atoms with van der Waals surface area (Å²) in [5.74, 6) is 0. The van der Waals surface area contributed by atoms with Crippen LogP contribution in [-0.4, -0.2) is 24.6 Å². The second-order valence-electron chi connectivity index (χ2n) is 2.87. The molecule has 0 saturated heterocycles. The van der Waals surface area contributed by atoms with Crippen molar-refractivity contribution in [3.63, 3.8) is 0 Å². The zero-order valence-electron chi connectivity index (χ0n) is 5.91. The molecule has 0 amide bonds. The fraction of sp³-hybridized carbons (Fsp3) is 1.00. The number of hydrogen-bond acceptors (Lipinski definition) is 0. The van der Waals surface area contributed by atoms with Crippen molar-refractivity contribution in [3.05, 3.63) is 0 Å². The molecule has 0 fully saturated rings. The largest absolute Gasteiger partial charge is 0.310 e. The molecule has 0 aromatic rings. The zero-order chi connectivity index (χ0) is 6.15. The molecule has 0 aromatic heterocycles. The van der Waals surface area contributed by atoms with Gasteiger partial charge in [0.2, 0.25) is 0 Å². The summed E-state index contributed by atoms with van der Waals surface area (Å²) in [5, 5.41) is 0. The summed E-state index contributed by atoms with van der Waals surface area (Å²) in [6.45, 7) is 7.60. The lowest BCUT2D eigenvalue weighted by atomic mass is 11.8. The van der Waals surface area contributed by atoms with Gasteiger partial charge in [-0.2, -0.15) is 0 Å². The Bertz CT molecular complexity index is 114. The van der Waals surface area contributed by atoms with E-state index in [0.717, 1.165) is 0 Å². The molecule has 0 N–H and O–H groups in total. The maximum Gasteiger partial charge on any atom is 0.310 e. The minimum absolute atomic E-state index is 0.236. The lowest BCUT2D eigenvalue weighted by Crippen LogP contribution is -2.01. The Balaban J connectivity index is 2.60. The Morgan fingerprint density at radius 2 is 1.50 bits per heavy atom. The van der Waals surface area contributed by atoms with Gasteiger partial charge in [-0.25, -0.2) is 0 Å². The topological polar surface area (TPSA) is 0 Å². The summed E-state index contributed by atoms with van der Waals surface area (Å²) >= 11 is 0. The maximum absolute atomic E-state index is 2.54. The van der Waals surface area contributed by atoms with Gasteiger partial charge in [0.25, 0.3) is 0 Å². The van der Waals surface area contributed by atoms with Crippen LogP contribution < -0.4 is 0 Å². The van der Waals surface area contributed by atoms with E-state index >= 15 is 0 Å². The standard InChI is InChI=1S/C5H13Si3/c1-6-4-7(2)8(3)5-6/h4-5H2,1-3H3/q+1. The lowest BCUT2D eigenvalue weighted by molar-refractivity contribution is 1.75. The zero-order valence-corrected chi connectivity index (χ0v) is 8.91. The third kappa shape index (κ3) is 1.33. The molecule has 0 nitrogen and oxygen atoms in total. The van der Waals surface area contributed by atoms with Gasteiger partial charge in [0, 0.05) is 15.8 Å². The van der Waals surface area contributed by atoms with E-state index in [-0.39, 0.29) is 24.6 Å². The quantitative estimate of drug-likeness (QED) is 0.468. The molecule has 0 radical (unpaired) electrons. The molecule has 0 aromatic carbocycles. The lowest BCUT2D eigenvalue weighted by Gasteiger charge is -1.79. The van der Waals surface area contributed by atoms with Gasteiger partial charge in [0.1, 0.15) is 0 Å². The van der Waals surface area contributed by atoms with E-state index in [4.69, 9.17) is 0 Å². The Labute approximate surface area is 56.1 Å². The molecule has 0 aliphatic carbocycles. The number of hydrogen-bond donors (Lipinski definition) is 0. The van der Waals surface area contributed by atoms with Crippen molar-refractivity contribution in [3.8, 4) is 0 Å². The minimum Gasteiger partial charge on any atom is -0.0573 e. The molecular weight excluding hydrogens is 144 g/mol. The molecule has 0 unspecified atom stereocenters. The molecular formula is C5H13Si3+. The first-order valence-electron chi connectivity index (χ1n) is 3.16. The van der Waals surface area contributed by atoms with Crippen LogP contribution in [0.25, 0.3) is 0 Å². The maximum atomic E-state index is 2.54. The van der Waals surface area contributed by atoms with Crippen molar-refractivity contribution in [1.82, 2.24) is 0 Å². The van der Waals surface area contributed by atoms with Gasteiger partial charge in [-0.1, -0.05) is 13.1 Å². The molecule has 44 valence electrons. The van der Waals surface area contributed by atoms with Crippen molar-refractivity contribution in [2.45, 2.75) is 31.0 Å². The van der Waals surface area contributed by atoms with Crippen molar-refractivity contribution >= 4 is 24.6 Å². The van der Waals surface area contributed by atoms with Crippen molar-refractivity contribution in [2.24, 2.45) is 0 Å². The van der Waals surface area contributed by atoms with Crippen molar-refractivity contribution < 1.29 is 0 Å². The Hall–Kier alpha value is 0.651. The van der Waals surface area contributed by atoms with E-state index in [9.17, 15) is 0 Å². The molecule has 8 heavy (non-hydrogen) atoms. The van der Waals surface area contributed by atoms with E-state index in [1.807, 2.05) is 0 Å². The fourth-order valence-corrected chi connectivity index (χ4v) is 23.4. The van der Waals surface area contributed by atoms with Crippen LogP contribution in [0.1, 0.15) is 0 Å². The minimum atomic E-state index is 0.236. The van der Waals surface area contributed by atoms with E-state index in [1.54, 1.807) is 11.3 Å². The monoisotopic (exact) mass is 157 g/mol. The molecule has 0 spiro atoms. The van der Waals surface area contributed by atoms with Crippen LogP contribution in [0.15, 0.2) is 0 Å². The molecule has 0 atom stereocenters. The summed E-state index contributed by atoms with van der Waals surface area (Å²) in [4.78, 5) is 0. The van der Waals surface area contributed by atoms with Gasteiger partial charge in [0.05, 0.1) is 17.9 Å². The van der Waals surface area contributed by atoms with Gasteiger partial charge < -0.3 is 0 Å². The molecule has 1 heterocycles. The third-order valence-corrected chi connectivity index (χ3v) is 19.9. The molecule has 0 saturated carbocycles. The predicted molar refractivity (Wildman–Crippen MR) is 44.5 cm³/mol. The van der Waals surface area contributed by atoms with Crippen LogP contribution in [0.4, 0.5) is 0 Å². The average molecular weight is 157 g/mol. The van der Waals surface area contributed by atoms with Crippen LogP contribution in [0.2, 0.25) is 31.0 Å². The van der Waals surface area contributed by atoms with Crippen LogP contribution in [0.5, 0.6) is 0 Å². The first-order valence-corrected chi connectivity index (χ1v) is 11.0. The van der Waals surface area contributed by atoms with Crippen molar-refractivity contribution in [1.29, 1.82) is 0 Å². The van der Waals surface area contributed by atoms with E-state index in [2.05, 4.69) is 19.6 Å². The average Bonchev–Trinajstić information content (AvgIpc) is 1.85. The Morgan fingerprint density at radius 3 is 1.62 bits per heavy atom. The van der Waals surface area contributed by atoms with E-state index < -0.39 is 0 Å². The van der Waals surface area contributed by atoms with Gasteiger partial charge >= 0.3 is 8.80 Å². The van der Waals surface area contributed by atoms with E-state index in [0.29, 0.717) is 0 Å². The summed E-state index contributed by atoms with van der Waals surface area (Å²) in [7, 11) is 0.763. The normalized spacial score (nSPS) is 20.6. The molecule has 1 rings (SSSR count). The van der Waals surface area contributed by atoms with Crippen molar-refractivity contribution in [2.75, 3.05) is 0 Å². The SMILES string of the molecule is C[Si]1=[Si](C)C[Si+](C)C1. The van der Waals surface area contributed by atoms with Gasteiger partial charge in [0.15, 0.2) is 0 Å². The molecule has 1 aliphatic heterocycles. The highest BCUT2D eigenvalue weighted by Crippen LogP contribution is 2.08. The highest BCUT2D eigenvalue weighted by atomic mass is 28.9. The first kappa shape index (κ1) is 6.77. The molecule has 1 aliphatic rings. The third-order valence-electron chi connectivity index (χ3n) is 1.86. The van der Waals surface area contributed by atoms with Crippen LogP contribution in [0, 0.1) is 0 Å². The van der Waals surface area contributed by atoms with Gasteiger partial charge in [-0.15, -0.1) is 0 Å². The van der Waals surface area contributed by atoms with Gasteiger partial charge in [-0.3, -0.25) is 0 Å². The number of rotatable bonds is 0. The molecule has 0 bridgehead atoms. The highest BCUT2D eigenvalue weighted by Gasteiger charge is 2.28. The van der Waals surface area contributed by atoms with Gasteiger partial charge in [-0.05, 0) is 0 Å². The summed E-state index contributed by atoms with van der Waals surface area (Å²) < 4.78 is 0. The Kier molecular flexibility index (Phi) is 2.11. The second-order valence-corrected chi connectivity index (χ2v) is 15.9. The van der Waals surface area contributed by atoms with Crippen LogP contribution in [-0.2, 0) is 0 Å². The molecule has 3 heteroatoms. The van der Waals surface area contributed by atoms with Crippen LogP contribution >= 0.6 is 0 Å². The van der Waals surface area contributed by atoms with Crippen LogP contribution in [0.3, 0.4) is 0 Å². The van der Waals surface area contributed by atoms with E-state index in [1.165, 1.54) is 0 Å². The highest BCUT2D eigenvalue weighted by molar-refractivity contribution is 7.08. The first-order chi connectivity index (χ1) is 3.70. The summed E-state index contributed by atoms with van der Waals surface area (Å²) in [6, 6.07) is 0. The Morgan fingerprint density at radius 1 is 1.12 bits per heavy atom.